The van der Waals surface area contributed by atoms with Crippen LogP contribution in [0.2, 0.25) is 0 Å². The molecule has 0 saturated carbocycles. The van der Waals surface area contributed by atoms with Crippen molar-refractivity contribution < 1.29 is 15.0 Å². The van der Waals surface area contributed by atoms with Gasteiger partial charge in [-0.05, 0) is 17.8 Å². The van der Waals surface area contributed by atoms with Crippen LogP contribution >= 0.6 is 0 Å². The van der Waals surface area contributed by atoms with E-state index in [2.05, 4.69) is 34.6 Å². The Labute approximate surface area is 74.4 Å². The van der Waals surface area contributed by atoms with Crippen molar-refractivity contribution in [2.75, 3.05) is 0 Å². The monoisotopic (exact) mass is 176 g/mol. The van der Waals surface area contributed by atoms with E-state index in [0.29, 0.717) is 5.41 Å². The fraction of sp³-hybridized carbons (Fsp3) is 0.889. The van der Waals surface area contributed by atoms with E-state index in [1.165, 1.54) is 6.42 Å². The van der Waals surface area contributed by atoms with Gasteiger partial charge in [0.1, 0.15) is 0 Å². The molecule has 74 valence electrons. The lowest BCUT2D eigenvalue weighted by molar-refractivity contribution is 0.137. The molecule has 0 aromatic carbocycles. The highest BCUT2D eigenvalue weighted by Crippen LogP contribution is 2.23. The molecular formula is C9H20O3. The molecule has 0 aliphatic carbocycles. The molecule has 3 heteroatoms. The first kappa shape index (κ1) is 13.8. The van der Waals surface area contributed by atoms with E-state index >= 15 is 0 Å². The van der Waals surface area contributed by atoms with Crippen molar-refractivity contribution in [3.63, 3.8) is 0 Å². The maximum Gasteiger partial charge on any atom is 0.503 e. The molecule has 12 heavy (non-hydrogen) atoms. The zero-order chi connectivity index (χ0) is 10.4. The van der Waals surface area contributed by atoms with Crippen LogP contribution in [-0.2, 0) is 0 Å². The second kappa shape index (κ2) is 5.86. The molecule has 0 aliphatic rings. The van der Waals surface area contributed by atoms with Crippen LogP contribution in [0.1, 0.15) is 41.0 Å². The minimum atomic E-state index is -1.83. The molecule has 0 heterocycles. The van der Waals surface area contributed by atoms with E-state index in [-0.39, 0.29) is 0 Å². The van der Waals surface area contributed by atoms with Crippen molar-refractivity contribution in [3.05, 3.63) is 0 Å². The molecule has 0 amide bonds. The quantitative estimate of drug-likeness (QED) is 0.644. The van der Waals surface area contributed by atoms with Crippen LogP contribution in [0.4, 0.5) is 4.79 Å². The van der Waals surface area contributed by atoms with Crippen LogP contribution < -0.4 is 0 Å². The smallest absolute Gasteiger partial charge is 0.450 e. The van der Waals surface area contributed by atoms with Gasteiger partial charge in [0.05, 0.1) is 0 Å². The highest BCUT2D eigenvalue weighted by atomic mass is 16.6. The lowest BCUT2D eigenvalue weighted by Crippen LogP contribution is -2.08. The molecule has 0 aromatic heterocycles. The Morgan fingerprint density at radius 1 is 1.25 bits per heavy atom. The normalized spacial score (nSPS) is 10.5. The predicted octanol–water partition coefficient (Wildman–Crippen LogP) is 3.30. The van der Waals surface area contributed by atoms with Gasteiger partial charge in [-0.1, -0.05) is 34.6 Å². The molecule has 0 bridgehead atoms. The zero-order valence-electron chi connectivity index (χ0n) is 8.59. The first-order valence-corrected chi connectivity index (χ1v) is 4.07. The standard InChI is InChI=1S/C8H18.CH2O3/c1-7(2)6-8(3,4)5;2-1(3)4/h7H,6H2,1-5H3;(H2,2,3,4). The van der Waals surface area contributed by atoms with Gasteiger partial charge in [-0.25, -0.2) is 4.79 Å². The predicted molar refractivity (Wildman–Crippen MR) is 49.6 cm³/mol. The number of rotatable bonds is 1. The fourth-order valence-electron chi connectivity index (χ4n) is 1.22. The first-order valence-electron chi connectivity index (χ1n) is 4.07. The van der Waals surface area contributed by atoms with Gasteiger partial charge in [-0.3, -0.25) is 0 Å². The lowest BCUT2D eigenvalue weighted by Gasteiger charge is -2.19. The molecule has 0 spiro atoms. The molecule has 0 fully saturated rings. The molecule has 0 rings (SSSR count). The van der Waals surface area contributed by atoms with Gasteiger partial charge in [0.2, 0.25) is 0 Å². The van der Waals surface area contributed by atoms with E-state index < -0.39 is 6.16 Å². The Morgan fingerprint density at radius 2 is 1.50 bits per heavy atom. The first-order chi connectivity index (χ1) is 5.15. The summed E-state index contributed by atoms with van der Waals surface area (Å²) in [5, 5.41) is 13.9. The maximum atomic E-state index is 8.56. The van der Waals surface area contributed by atoms with E-state index in [9.17, 15) is 0 Å². The fourth-order valence-corrected chi connectivity index (χ4v) is 1.22. The second-order valence-corrected chi connectivity index (χ2v) is 4.44. The number of carboxylic acid groups (broad SMARTS) is 2. The van der Waals surface area contributed by atoms with Crippen molar-refractivity contribution in [3.8, 4) is 0 Å². The molecule has 0 aromatic rings. The van der Waals surface area contributed by atoms with Gasteiger partial charge in [-0.15, -0.1) is 0 Å². The highest BCUT2D eigenvalue weighted by Gasteiger charge is 2.11. The third kappa shape index (κ3) is 34.8. The molecule has 0 saturated heterocycles. The van der Waals surface area contributed by atoms with Crippen molar-refractivity contribution in [1.29, 1.82) is 0 Å². The van der Waals surface area contributed by atoms with Crippen LogP contribution in [0.3, 0.4) is 0 Å². The van der Waals surface area contributed by atoms with Crippen LogP contribution in [0, 0.1) is 11.3 Å². The molecule has 0 atom stereocenters. The topological polar surface area (TPSA) is 57.5 Å². The van der Waals surface area contributed by atoms with Gasteiger partial charge >= 0.3 is 6.16 Å². The minimum absolute atomic E-state index is 0.522. The third-order valence-corrected chi connectivity index (χ3v) is 1.02. The number of hydrogen-bond donors (Lipinski definition) is 2. The summed E-state index contributed by atoms with van der Waals surface area (Å²) in [6.07, 6.45) is -0.507. The number of carbonyl (C=O) groups is 1. The Balaban J connectivity index is 0. The summed E-state index contributed by atoms with van der Waals surface area (Å²) in [6, 6.07) is 0. The van der Waals surface area contributed by atoms with Crippen molar-refractivity contribution >= 4 is 6.16 Å². The van der Waals surface area contributed by atoms with Crippen molar-refractivity contribution in [1.82, 2.24) is 0 Å². The zero-order valence-corrected chi connectivity index (χ0v) is 8.59. The highest BCUT2D eigenvalue weighted by molar-refractivity contribution is 5.53. The summed E-state index contributed by atoms with van der Waals surface area (Å²) < 4.78 is 0. The summed E-state index contributed by atoms with van der Waals surface area (Å²) in [5.41, 5.74) is 0.522. The molecule has 2 N–H and O–H groups in total. The second-order valence-electron chi connectivity index (χ2n) is 4.44. The van der Waals surface area contributed by atoms with Gasteiger partial charge in [0.25, 0.3) is 0 Å². The van der Waals surface area contributed by atoms with Crippen LogP contribution in [0.25, 0.3) is 0 Å². The van der Waals surface area contributed by atoms with Gasteiger partial charge in [-0.2, -0.15) is 0 Å². The average molecular weight is 176 g/mol. The van der Waals surface area contributed by atoms with Crippen molar-refractivity contribution in [2.24, 2.45) is 11.3 Å². The molecule has 0 radical (unpaired) electrons. The summed E-state index contributed by atoms with van der Waals surface area (Å²) in [6.45, 7) is 11.4. The van der Waals surface area contributed by atoms with Gasteiger partial charge in [0.15, 0.2) is 0 Å². The molecular weight excluding hydrogens is 156 g/mol. The SMILES string of the molecule is CC(C)CC(C)(C)C.O=C(O)O. The van der Waals surface area contributed by atoms with Crippen molar-refractivity contribution in [2.45, 2.75) is 41.0 Å². The maximum absolute atomic E-state index is 8.56. The van der Waals surface area contributed by atoms with Crippen LogP contribution in [0.15, 0.2) is 0 Å². The largest absolute Gasteiger partial charge is 0.503 e. The Morgan fingerprint density at radius 3 is 1.50 bits per heavy atom. The lowest BCUT2D eigenvalue weighted by atomic mass is 9.86. The summed E-state index contributed by atoms with van der Waals surface area (Å²) in [7, 11) is 0. The summed E-state index contributed by atoms with van der Waals surface area (Å²) in [4.78, 5) is 8.56. The average Bonchev–Trinajstić information content (AvgIpc) is 1.52. The van der Waals surface area contributed by atoms with Crippen LogP contribution in [0.5, 0.6) is 0 Å². The number of hydrogen-bond acceptors (Lipinski definition) is 1. The summed E-state index contributed by atoms with van der Waals surface area (Å²) in [5.74, 6) is 0.843. The molecule has 0 aliphatic heterocycles. The summed E-state index contributed by atoms with van der Waals surface area (Å²) >= 11 is 0. The van der Waals surface area contributed by atoms with E-state index in [0.717, 1.165) is 5.92 Å². The molecule has 0 unspecified atom stereocenters. The Hall–Kier alpha value is -0.730. The van der Waals surface area contributed by atoms with Crippen LogP contribution in [-0.4, -0.2) is 16.4 Å². The minimum Gasteiger partial charge on any atom is -0.450 e. The van der Waals surface area contributed by atoms with Gasteiger partial charge < -0.3 is 10.2 Å². The molecule has 3 nitrogen and oxygen atoms in total. The van der Waals surface area contributed by atoms with Gasteiger partial charge in [0, 0.05) is 0 Å². The Bertz CT molecular complexity index is 118. The third-order valence-electron chi connectivity index (χ3n) is 1.02. The van der Waals surface area contributed by atoms with E-state index in [4.69, 9.17) is 15.0 Å². The van der Waals surface area contributed by atoms with E-state index in [1.807, 2.05) is 0 Å². The van der Waals surface area contributed by atoms with E-state index in [1.54, 1.807) is 0 Å². The Kier molecular flexibility index (Phi) is 6.76.